The van der Waals surface area contributed by atoms with Crippen LogP contribution in [0.2, 0.25) is 0 Å². The standard InChI is InChI=1S/C38H38N4O2/c1-37(2,29-19-23-33(24-20-29)41-35(43)39-31-11-7-5-8-12-31)27-15-17-28(18-16-27)38(3,4)30-21-25-34(26-22-30)42-36(44)40-32-13-9-6-10-14-32/h5-26H,1-4H3,(H2,39,41,43)(H2,40,42,44). The van der Waals surface area contributed by atoms with E-state index in [1.165, 1.54) is 11.1 Å². The first-order valence-electron chi connectivity index (χ1n) is 14.7. The van der Waals surface area contributed by atoms with Crippen molar-refractivity contribution < 1.29 is 9.59 Å². The first-order chi connectivity index (χ1) is 21.1. The second-order valence-electron chi connectivity index (χ2n) is 11.9. The Morgan fingerprint density at radius 2 is 0.591 bits per heavy atom. The number of rotatable bonds is 8. The number of nitrogens with one attached hydrogen (secondary N) is 4. The van der Waals surface area contributed by atoms with Gasteiger partial charge in [0.25, 0.3) is 0 Å². The number of benzene rings is 5. The van der Waals surface area contributed by atoms with Crippen LogP contribution < -0.4 is 21.3 Å². The lowest BCUT2D eigenvalue weighted by Crippen LogP contribution is -2.22. The molecule has 0 aliphatic rings. The molecule has 0 aromatic heterocycles. The molecule has 4 N–H and O–H groups in total. The molecule has 0 heterocycles. The molecule has 6 nitrogen and oxygen atoms in total. The maximum atomic E-state index is 12.4. The van der Waals surface area contributed by atoms with Gasteiger partial charge in [-0.1, -0.05) is 113 Å². The molecule has 0 radical (unpaired) electrons. The number of hydrogen-bond donors (Lipinski definition) is 4. The molecule has 0 atom stereocenters. The largest absolute Gasteiger partial charge is 0.323 e. The van der Waals surface area contributed by atoms with Crippen molar-refractivity contribution in [2.75, 3.05) is 21.3 Å². The van der Waals surface area contributed by atoms with Gasteiger partial charge in [-0.2, -0.15) is 0 Å². The van der Waals surface area contributed by atoms with E-state index in [0.717, 1.165) is 33.9 Å². The summed E-state index contributed by atoms with van der Waals surface area (Å²) in [5, 5.41) is 11.5. The van der Waals surface area contributed by atoms with Crippen LogP contribution in [0.25, 0.3) is 0 Å². The highest BCUT2D eigenvalue weighted by Crippen LogP contribution is 2.36. The minimum Gasteiger partial charge on any atom is -0.308 e. The minimum absolute atomic E-state index is 0.235. The van der Waals surface area contributed by atoms with Crippen molar-refractivity contribution in [3.8, 4) is 0 Å². The summed E-state index contributed by atoms with van der Waals surface area (Å²) in [5.74, 6) is 0. The number of anilines is 4. The Morgan fingerprint density at radius 1 is 0.364 bits per heavy atom. The number of hydrogen-bond acceptors (Lipinski definition) is 2. The van der Waals surface area contributed by atoms with E-state index in [4.69, 9.17) is 0 Å². The average Bonchev–Trinajstić information content (AvgIpc) is 3.02. The third-order valence-corrected chi connectivity index (χ3v) is 8.12. The van der Waals surface area contributed by atoms with E-state index in [1.807, 2.05) is 84.9 Å². The van der Waals surface area contributed by atoms with E-state index in [2.05, 4.69) is 97.5 Å². The highest BCUT2D eigenvalue weighted by atomic mass is 16.2. The van der Waals surface area contributed by atoms with Crippen molar-refractivity contribution in [3.63, 3.8) is 0 Å². The highest BCUT2D eigenvalue weighted by Gasteiger charge is 2.26. The number of amides is 4. The van der Waals surface area contributed by atoms with Crippen molar-refractivity contribution in [2.45, 2.75) is 38.5 Å². The Balaban J connectivity index is 1.22. The third kappa shape index (κ3) is 7.16. The fraction of sp³-hybridized carbons (Fsp3) is 0.158. The number of carbonyl (C=O) groups excluding carboxylic acids is 2. The molecule has 5 aromatic rings. The van der Waals surface area contributed by atoms with Gasteiger partial charge >= 0.3 is 12.1 Å². The van der Waals surface area contributed by atoms with E-state index in [0.29, 0.717) is 0 Å². The molecule has 44 heavy (non-hydrogen) atoms. The van der Waals surface area contributed by atoms with Crippen molar-refractivity contribution in [3.05, 3.63) is 156 Å². The summed E-state index contributed by atoms with van der Waals surface area (Å²) in [6, 6.07) is 42.9. The lowest BCUT2D eigenvalue weighted by Gasteiger charge is -2.30. The van der Waals surface area contributed by atoms with E-state index in [-0.39, 0.29) is 22.9 Å². The molecule has 0 unspecified atom stereocenters. The topological polar surface area (TPSA) is 82.3 Å². The van der Waals surface area contributed by atoms with Crippen LogP contribution in [0.5, 0.6) is 0 Å². The van der Waals surface area contributed by atoms with Gasteiger partial charge in [-0.15, -0.1) is 0 Å². The van der Waals surface area contributed by atoms with Crippen molar-refractivity contribution in [2.24, 2.45) is 0 Å². The molecule has 5 rings (SSSR count). The van der Waals surface area contributed by atoms with Gasteiger partial charge in [0.05, 0.1) is 0 Å². The van der Waals surface area contributed by atoms with Gasteiger partial charge in [-0.25, -0.2) is 9.59 Å². The molecule has 0 saturated heterocycles. The molecule has 0 saturated carbocycles. The predicted molar refractivity (Wildman–Crippen MR) is 182 cm³/mol. The lowest BCUT2D eigenvalue weighted by molar-refractivity contribution is 0.261. The van der Waals surface area contributed by atoms with Crippen LogP contribution in [-0.2, 0) is 10.8 Å². The Labute approximate surface area is 259 Å². The SMILES string of the molecule is CC(C)(c1ccc(NC(=O)Nc2ccccc2)cc1)c1ccc(C(C)(C)c2ccc(NC(=O)Nc3ccccc3)cc2)cc1. The van der Waals surface area contributed by atoms with Crippen LogP contribution in [0.1, 0.15) is 49.9 Å². The Morgan fingerprint density at radius 3 is 0.864 bits per heavy atom. The van der Waals surface area contributed by atoms with Crippen molar-refractivity contribution in [1.82, 2.24) is 0 Å². The summed E-state index contributed by atoms with van der Waals surface area (Å²) in [5.41, 5.74) is 7.17. The summed E-state index contributed by atoms with van der Waals surface area (Å²) < 4.78 is 0. The number of carbonyl (C=O) groups is 2. The maximum Gasteiger partial charge on any atom is 0.323 e. The van der Waals surface area contributed by atoms with Crippen LogP contribution in [0.3, 0.4) is 0 Å². The zero-order chi connectivity index (χ0) is 31.2. The van der Waals surface area contributed by atoms with Gasteiger partial charge < -0.3 is 21.3 Å². The lowest BCUT2D eigenvalue weighted by atomic mass is 9.74. The zero-order valence-corrected chi connectivity index (χ0v) is 25.5. The third-order valence-electron chi connectivity index (χ3n) is 8.12. The number of urea groups is 2. The quantitative estimate of drug-likeness (QED) is 0.147. The molecule has 5 aromatic carbocycles. The molecular weight excluding hydrogens is 544 g/mol. The minimum atomic E-state index is -0.277. The van der Waals surface area contributed by atoms with E-state index < -0.39 is 0 Å². The van der Waals surface area contributed by atoms with Crippen LogP contribution in [0.4, 0.5) is 32.3 Å². The van der Waals surface area contributed by atoms with Gasteiger partial charge in [0.1, 0.15) is 0 Å². The molecule has 4 amide bonds. The van der Waals surface area contributed by atoms with Crippen molar-refractivity contribution in [1.29, 1.82) is 0 Å². The summed E-state index contributed by atoms with van der Waals surface area (Å²) in [4.78, 5) is 24.8. The molecule has 0 bridgehead atoms. The second kappa shape index (κ2) is 12.9. The van der Waals surface area contributed by atoms with E-state index >= 15 is 0 Å². The molecule has 222 valence electrons. The average molecular weight is 583 g/mol. The first kappa shape index (κ1) is 30.1. The Hall–Kier alpha value is -5.36. The Kier molecular flexibility index (Phi) is 8.81. The van der Waals surface area contributed by atoms with Crippen LogP contribution >= 0.6 is 0 Å². The normalized spacial score (nSPS) is 11.4. The molecule has 6 heteroatoms. The predicted octanol–water partition coefficient (Wildman–Crippen LogP) is 9.63. The van der Waals surface area contributed by atoms with Crippen LogP contribution in [0.15, 0.2) is 133 Å². The van der Waals surface area contributed by atoms with Gasteiger partial charge in [0.15, 0.2) is 0 Å². The van der Waals surface area contributed by atoms with Gasteiger partial charge in [-0.3, -0.25) is 0 Å². The fourth-order valence-corrected chi connectivity index (χ4v) is 5.21. The molecule has 0 spiro atoms. The summed E-state index contributed by atoms with van der Waals surface area (Å²) in [6.07, 6.45) is 0. The highest BCUT2D eigenvalue weighted by molar-refractivity contribution is 6.00. The molecule has 0 aliphatic carbocycles. The van der Waals surface area contributed by atoms with Crippen molar-refractivity contribution >= 4 is 34.8 Å². The summed E-state index contributed by atoms with van der Waals surface area (Å²) in [6.45, 7) is 8.82. The first-order valence-corrected chi connectivity index (χ1v) is 14.7. The molecule has 0 fully saturated rings. The van der Waals surface area contributed by atoms with E-state index in [1.54, 1.807) is 0 Å². The van der Waals surface area contributed by atoms with E-state index in [9.17, 15) is 9.59 Å². The summed E-state index contributed by atoms with van der Waals surface area (Å²) >= 11 is 0. The van der Waals surface area contributed by atoms with Crippen LogP contribution in [-0.4, -0.2) is 12.1 Å². The van der Waals surface area contributed by atoms with Gasteiger partial charge in [-0.05, 0) is 70.8 Å². The second-order valence-corrected chi connectivity index (χ2v) is 11.9. The fourth-order valence-electron chi connectivity index (χ4n) is 5.21. The van der Waals surface area contributed by atoms with Gasteiger partial charge in [0.2, 0.25) is 0 Å². The monoisotopic (exact) mass is 582 g/mol. The van der Waals surface area contributed by atoms with Gasteiger partial charge in [0, 0.05) is 33.6 Å². The molecular formula is C38H38N4O2. The summed E-state index contributed by atoms with van der Waals surface area (Å²) in [7, 11) is 0. The molecule has 0 aliphatic heterocycles. The number of para-hydroxylation sites is 2. The van der Waals surface area contributed by atoms with Crippen LogP contribution in [0, 0.1) is 0 Å². The zero-order valence-electron chi connectivity index (χ0n) is 25.5. The Bertz CT molecular complexity index is 1570. The maximum absolute atomic E-state index is 12.4. The smallest absolute Gasteiger partial charge is 0.308 e.